The zero-order valence-corrected chi connectivity index (χ0v) is 8.52. The van der Waals surface area contributed by atoms with Gasteiger partial charge in [0.25, 0.3) is 0 Å². The van der Waals surface area contributed by atoms with Gasteiger partial charge < -0.3 is 10.1 Å². The minimum absolute atomic E-state index is 0.551. The van der Waals surface area contributed by atoms with Crippen LogP contribution in [0.2, 0.25) is 0 Å². The van der Waals surface area contributed by atoms with Crippen LogP contribution >= 0.6 is 0 Å². The normalized spacial score (nSPS) is 10.7. The van der Waals surface area contributed by atoms with E-state index in [-0.39, 0.29) is 0 Å². The summed E-state index contributed by atoms with van der Waals surface area (Å²) in [5.74, 6) is 0. The topological polar surface area (TPSA) is 21.3 Å². The van der Waals surface area contributed by atoms with E-state index in [1.807, 2.05) is 6.92 Å². The van der Waals surface area contributed by atoms with Crippen LogP contribution in [0, 0.1) is 0 Å². The van der Waals surface area contributed by atoms with Crippen LogP contribution in [0.4, 0.5) is 0 Å². The average Bonchev–Trinajstić information content (AvgIpc) is 1.95. The van der Waals surface area contributed by atoms with Crippen molar-refractivity contribution in [3.05, 3.63) is 12.2 Å². The van der Waals surface area contributed by atoms with Crippen molar-refractivity contribution in [3.63, 3.8) is 0 Å². The van der Waals surface area contributed by atoms with Crippen LogP contribution in [-0.4, -0.2) is 25.8 Å². The highest BCUT2D eigenvalue weighted by Crippen LogP contribution is 1.94. The van der Waals surface area contributed by atoms with E-state index < -0.39 is 0 Å². The van der Waals surface area contributed by atoms with Crippen molar-refractivity contribution in [2.45, 2.75) is 33.2 Å². The van der Waals surface area contributed by atoms with Crippen LogP contribution in [0.15, 0.2) is 12.2 Å². The van der Waals surface area contributed by atoms with Gasteiger partial charge in [0, 0.05) is 12.6 Å². The molecule has 72 valence electrons. The van der Waals surface area contributed by atoms with Crippen molar-refractivity contribution in [3.8, 4) is 0 Å². The predicted molar refractivity (Wildman–Crippen MR) is 53.4 cm³/mol. The lowest BCUT2D eigenvalue weighted by Gasteiger charge is -2.08. The fourth-order valence-corrected chi connectivity index (χ4v) is 0.768. The highest BCUT2D eigenvalue weighted by molar-refractivity contribution is 4.87. The van der Waals surface area contributed by atoms with E-state index in [2.05, 4.69) is 25.7 Å². The first-order valence-corrected chi connectivity index (χ1v) is 4.58. The molecule has 0 aliphatic heterocycles. The summed E-state index contributed by atoms with van der Waals surface area (Å²) in [7, 11) is 0. The summed E-state index contributed by atoms with van der Waals surface area (Å²) in [5, 5.41) is 3.29. The summed E-state index contributed by atoms with van der Waals surface area (Å²) in [6.07, 6.45) is 0.974. The van der Waals surface area contributed by atoms with Crippen LogP contribution in [-0.2, 0) is 4.74 Å². The van der Waals surface area contributed by atoms with Gasteiger partial charge in [-0.05, 0) is 13.3 Å². The molecule has 12 heavy (non-hydrogen) atoms. The number of hydrogen-bond acceptors (Lipinski definition) is 2. The second-order valence-corrected chi connectivity index (χ2v) is 3.43. The Bertz CT molecular complexity index is 121. The molecule has 0 heterocycles. The molecule has 0 radical (unpaired) electrons. The molecule has 0 aliphatic rings. The number of hydrogen-bond donors (Lipinski definition) is 1. The van der Waals surface area contributed by atoms with E-state index in [1.165, 1.54) is 5.57 Å². The zero-order valence-electron chi connectivity index (χ0n) is 8.52. The van der Waals surface area contributed by atoms with Crippen molar-refractivity contribution >= 4 is 0 Å². The second kappa shape index (κ2) is 7.32. The lowest BCUT2D eigenvalue weighted by atomic mass is 10.3. The Morgan fingerprint density at radius 3 is 2.58 bits per heavy atom. The first-order chi connectivity index (χ1) is 5.63. The molecule has 0 saturated heterocycles. The highest BCUT2D eigenvalue weighted by atomic mass is 16.5. The molecule has 2 heteroatoms. The van der Waals surface area contributed by atoms with Crippen molar-refractivity contribution in [2.75, 3.05) is 19.8 Å². The third kappa shape index (κ3) is 9.66. The third-order valence-electron chi connectivity index (χ3n) is 1.47. The smallest absolute Gasteiger partial charge is 0.0591 e. The van der Waals surface area contributed by atoms with Gasteiger partial charge >= 0.3 is 0 Å². The molecule has 2 nitrogen and oxygen atoms in total. The Labute approximate surface area is 76.0 Å². The van der Waals surface area contributed by atoms with Crippen LogP contribution in [0.1, 0.15) is 27.2 Å². The summed E-state index contributed by atoms with van der Waals surface area (Å²) in [6.45, 7) is 12.6. The molecule has 0 aliphatic carbocycles. The van der Waals surface area contributed by atoms with E-state index in [4.69, 9.17) is 4.74 Å². The molecule has 0 aromatic rings. The van der Waals surface area contributed by atoms with Crippen LogP contribution in [0.25, 0.3) is 0 Å². The van der Waals surface area contributed by atoms with Gasteiger partial charge in [-0.1, -0.05) is 19.4 Å². The van der Waals surface area contributed by atoms with E-state index >= 15 is 0 Å². The standard InChI is InChI=1S/C10H21NO/c1-9(2)5-7-12-8-6-11-10(3)4/h10-11H,1,5-8H2,2-4H3. The summed E-state index contributed by atoms with van der Waals surface area (Å²) < 4.78 is 5.37. The van der Waals surface area contributed by atoms with Gasteiger partial charge in [0.05, 0.1) is 13.2 Å². The molecular formula is C10H21NO. The Hall–Kier alpha value is -0.340. The molecule has 1 N–H and O–H groups in total. The van der Waals surface area contributed by atoms with Crippen molar-refractivity contribution < 1.29 is 4.74 Å². The molecule has 0 unspecified atom stereocenters. The zero-order chi connectivity index (χ0) is 9.40. The second-order valence-electron chi connectivity index (χ2n) is 3.43. The Kier molecular flexibility index (Phi) is 7.11. The van der Waals surface area contributed by atoms with Crippen molar-refractivity contribution in [1.82, 2.24) is 5.32 Å². The monoisotopic (exact) mass is 171 g/mol. The molecule has 0 rings (SSSR count). The number of nitrogens with one attached hydrogen (secondary N) is 1. The summed E-state index contributed by atoms with van der Waals surface area (Å²) in [4.78, 5) is 0. The van der Waals surface area contributed by atoms with E-state index in [1.54, 1.807) is 0 Å². The van der Waals surface area contributed by atoms with Crippen LogP contribution in [0.3, 0.4) is 0 Å². The maximum absolute atomic E-state index is 5.37. The van der Waals surface area contributed by atoms with Gasteiger partial charge in [-0.2, -0.15) is 0 Å². The van der Waals surface area contributed by atoms with Gasteiger partial charge in [0.1, 0.15) is 0 Å². The van der Waals surface area contributed by atoms with Gasteiger partial charge in [-0.15, -0.1) is 6.58 Å². The molecular weight excluding hydrogens is 150 g/mol. The van der Waals surface area contributed by atoms with Crippen molar-refractivity contribution in [2.24, 2.45) is 0 Å². The SMILES string of the molecule is C=C(C)CCOCCNC(C)C. The number of rotatable bonds is 7. The van der Waals surface area contributed by atoms with E-state index in [9.17, 15) is 0 Å². The summed E-state index contributed by atoms with van der Waals surface area (Å²) in [5.41, 5.74) is 1.19. The molecule has 0 amide bonds. The maximum Gasteiger partial charge on any atom is 0.0591 e. The molecule has 0 aromatic heterocycles. The van der Waals surface area contributed by atoms with E-state index in [0.29, 0.717) is 6.04 Å². The lowest BCUT2D eigenvalue weighted by molar-refractivity contribution is 0.137. The third-order valence-corrected chi connectivity index (χ3v) is 1.47. The summed E-state index contributed by atoms with van der Waals surface area (Å²) >= 11 is 0. The van der Waals surface area contributed by atoms with Crippen LogP contribution in [0.5, 0.6) is 0 Å². The Morgan fingerprint density at radius 2 is 2.08 bits per heavy atom. The average molecular weight is 171 g/mol. The molecule has 0 aromatic carbocycles. The first-order valence-electron chi connectivity index (χ1n) is 4.58. The quantitative estimate of drug-likeness (QED) is 0.467. The van der Waals surface area contributed by atoms with E-state index in [0.717, 1.165) is 26.2 Å². The largest absolute Gasteiger partial charge is 0.380 e. The minimum Gasteiger partial charge on any atom is -0.380 e. The minimum atomic E-state index is 0.551. The van der Waals surface area contributed by atoms with Gasteiger partial charge in [0.15, 0.2) is 0 Å². The van der Waals surface area contributed by atoms with Gasteiger partial charge in [-0.25, -0.2) is 0 Å². The summed E-state index contributed by atoms with van der Waals surface area (Å²) in [6, 6.07) is 0.551. The molecule has 0 spiro atoms. The molecule has 0 bridgehead atoms. The highest BCUT2D eigenvalue weighted by Gasteiger charge is 1.91. The van der Waals surface area contributed by atoms with Gasteiger partial charge in [0.2, 0.25) is 0 Å². The van der Waals surface area contributed by atoms with Crippen molar-refractivity contribution in [1.29, 1.82) is 0 Å². The fraction of sp³-hybridized carbons (Fsp3) is 0.800. The fourth-order valence-electron chi connectivity index (χ4n) is 0.768. The molecule has 0 fully saturated rings. The van der Waals surface area contributed by atoms with Crippen LogP contribution < -0.4 is 5.32 Å². The number of ether oxygens (including phenoxy) is 1. The molecule has 0 saturated carbocycles. The lowest BCUT2D eigenvalue weighted by Crippen LogP contribution is -2.26. The Balaban J connectivity index is 2.96. The first kappa shape index (κ1) is 11.7. The Morgan fingerprint density at radius 1 is 1.42 bits per heavy atom. The van der Waals surface area contributed by atoms with Gasteiger partial charge in [-0.3, -0.25) is 0 Å². The maximum atomic E-state index is 5.37. The molecule has 0 atom stereocenters. The predicted octanol–water partition coefficient (Wildman–Crippen LogP) is 1.97.